The number of phenolic OH excluding ortho intramolecular Hbond substituents is 1. The van der Waals surface area contributed by atoms with Crippen LogP contribution in [-0.4, -0.2) is 56.1 Å². The Hall–Kier alpha value is -4.70. The Morgan fingerprint density at radius 3 is 2.72 bits per heavy atom. The number of aromatic hydroxyl groups is 1. The molecule has 10 nitrogen and oxygen atoms in total. The molecule has 0 aliphatic carbocycles. The van der Waals surface area contributed by atoms with Crippen LogP contribution in [0.25, 0.3) is 16.9 Å². The van der Waals surface area contributed by atoms with E-state index in [1.165, 1.54) is 6.07 Å². The molecule has 0 unspecified atom stereocenters. The standard InChI is InChI=1S/C29H29N7O3/c1-35(18-19-6-3-2-4-7-19)25-15-24(21-16-30-31-17-21)36-28(33-25)26(20-10-12-39-13-11-20)27(34-36)29(38)32-22-8-5-9-23(37)14-22/h2-9,14-17,20,37H,10-13,18H2,1H3,(H,30,31)(H,32,38). The smallest absolute Gasteiger partial charge is 0.276 e. The van der Waals surface area contributed by atoms with Gasteiger partial charge >= 0.3 is 0 Å². The monoisotopic (exact) mass is 523 g/mol. The number of carbonyl (C=O) groups excluding carboxylic acids is 1. The summed E-state index contributed by atoms with van der Waals surface area (Å²) in [7, 11) is 2.00. The van der Waals surface area contributed by atoms with Crippen molar-refractivity contribution in [2.75, 3.05) is 30.5 Å². The molecule has 5 aromatic rings. The minimum absolute atomic E-state index is 0.0561. The summed E-state index contributed by atoms with van der Waals surface area (Å²) in [6, 6.07) is 18.7. The molecule has 1 saturated heterocycles. The van der Waals surface area contributed by atoms with Gasteiger partial charge in [-0.3, -0.25) is 9.89 Å². The van der Waals surface area contributed by atoms with E-state index >= 15 is 0 Å². The second-order valence-electron chi connectivity index (χ2n) is 9.72. The first kappa shape index (κ1) is 24.6. The third-order valence-corrected chi connectivity index (χ3v) is 7.01. The lowest BCUT2D eigenvalue weighted by Gasteiger charge is -2.23. The summed E-state index contributed by atoms with van der Waals surface area (Å²) < 4.78 is 7.38. The fourth-order valence-electron chi connectivity index (χ4n) is 5.06. The normalized spacial score (nSPS) is 14.0. The first-order chi connectivity index (χ1) is 19.1. The summed E-state index contributed by atoms with van der Waals surface area (Å²) in [4.78, 5) is 20.8. The van der Waals surface area contributed by atoms with Crippen molar-refractivity contribution in [3.8, 4) is 17.0 Å². The molecule has 2 aromatic carbocycles. The van der Waals surface area contributed by atoms with Crippen molar-refractivity contribution < 1.29 is 14.6 Å². The molecule has 198 valence electrons. The van der Waals surface area contributed by atoms with Gasteiger partial charge in [0, 0.05) is 62.0 Å². The molecule has 3 N–H and O–H groups in total. The summed E-state index contributed by atoms with van der Waals surface area (Å²) in [6.07, 6.45) is 5.07. The molecule has 3 aromatic heterocycles. The van der Waals surface area contributed by atoms with Gasteiger partial charge in [-0.2, -0.15) is 10.2 Å². The summed E-state index contributed by atoms with van der Waals surface area (Å²) in [6.45, 7) is 1.88. The lowest BCUT2D eigenvalue weighted by Crippen LogP contribution is -2.20. The number of ether oxygens (including phenoxy) is 1. The highest BCUT2D eigenvalue weighted by Crippen LogP contribution is 2.36. The van der Waals surface area contributed by atoms with Crippen LogP contribution in [0.5, 0.6) is 5.75 Å². The van der Waals surface area contributed by atoms with Gasteiger partial charge in [-0.15, -0.1) is 0 Å². The number of H-pyrrole nitrogens is 1. The molecule has 1 amide bonds. The first-order valence-electron chi connectivity index (χ1n) is 12.9. The van der Waals surface area contributed by atoms with Crippen LogP contribution in [0.1, 0.15) is 40.4 Å². The van der Waals surface area contributed by atoms with E-state index < -0.39 is 0 Å². The number of nitrogens with zero attached hydrogens (tertiary/aromatic N) is 5. The fourth-order valence-corrected chi connectivity index (χ4v) is 5.06. The number of hydrogen-bond donors (Lipinski definition) is 3. The molecule has 0 bridgehead atoms. The van der Waals surface area contributed by atoms with E-state index in [0.717, 1.165) is 41.0 Å². The Labute approximate surface area is 225 Å². The molecule has 1 aliphatic rings. The second-order valence-corrected chi connectivity index (χ2v) is 9.72. The van der Waals surface area contributed by atoms with Crippen LogP contribution < -0.4 is 10.2 Å². The van der Waals surface area contributed by atoms with Crippen molar-refractivity contribution in [3.63, 3.8) is 0 Å². The fraction of sp³-hybridized carbons (Fsp3) is 0.241. The minimum Gasteiger partial charge on any atom is -0.508 e. The molecule has 0 spiro atoms. The van der Waals surface area contributed by atoms with Crippen LogP contribution in [0.15, 0.2) is 73.1 Å². The van der Waals surface area contributed by atoms with Crippen LogP contribution in [-0.2, 0) is 11.3 Å². The van der Waals surface area contributed by atoms with Crippen molar-refractivity contribution in [1.29, 1.82) is 0 Å². The number of fused-ring (bicyclic) bond motifs is 1. The van der Waals surface area contributed by atoms with Gasteiger partial charge in [-0.25, -0.2) is 9.50 Å². The maximum Gasteiger partial charge on any atom is 0.276 e. The van der Waals surface area contributed by atoms with Crippen LogP contribution in [0.2, 0.25) is 0 Å². The predicted octanol–water partition coefficient (Wildman–Crippen LogP) is 4.61. The lowest BCUT2D eigenvalue weighted by atomic mass is 9.91. The number of amides is 1. The van der Waals surface area contributed by atoms with E-state index in [9.17, 15) is 9.90 Å². The highest BCUT2D eigenvalue weighted by molar-refractivity contribution is 6.05. The number of rotatable bonds is 7. The average molecular weight is 524 g/mol. The number of aromatic amines is 1. The van der Waals surface area contributed by atoms with Crippen molar-refractivity contribution in [3.05, 3.63) is 89.9 Å². The van der Waals surface area contributed by atoms with Gasteiger partial charge in [0.1, 0.15) is 11.6 Å². The van der Waals surface area contributed by atoms with E-state index in [2.05, 4.69) is 32.5 Å². The summed E-state index contributed by atoms with van der Waals surface area (Å²) in [5.41, 5.74) is 5.00. The van der Waals surface area contributed by atoms with Crippen molar-refractivity contribution in [1.82, 2.24) is 24.8 Å². The molecule has 1 aliphatic heterocycles. The summed E-state index contributed by atoms with van der Waals surface area (Å²) in [5.74, 6) is 0.531. The van der Waals surface area contributed by atoms with Gasteiger partial charge < -0.3 is 20.1 Å². The third-order valence-electron chi connectivity index (χ3n) is 7.01. The number of carbonyl (C=O) groups is 1. The number of hydrogen-bond acceptors (Lipinski definition) is 7. The average Bonchev–Trinajstić information content (AvgIpc) is 3.62. The SMILES string of the molecule is CN(Cc1ccccc1)c1cc(-c2cn[nH]c2)n2nc(C(=O)Nc3cccc(O)c3)c(C3CCOCC3)c2n1. The van der Waals surface area contributed by atoms with E-state index in [1.54, 1.807) is 35.1 Å². The van der Waals surface area contributed by atoms with Crippen molar-refractivity contribution >= 4 is 23.1 Å². The highest BCUT2D eigenvalue weighted by Gasteiger charge is 2.30. The maximum atomic E-state index is 13.7. The molecular formula is C29H29N7O3. The molecule has 0 saturated carbocycles. The zero-order valence-electron chi connectivity index (χ0n) is 21.5. The van der Waals surface area contributed by atoms with E-state index in [4.69, 9.17) is 14.8 Å². The maximum absolute atomic E-state index is 13.7. The Morgan fingerprint density at radius 2 is 1.97 bits per heavy atom. The molecule has 1 fully saturated rings. The number of benzene rings is 2. The molecule has 0 radical (unpaired) electrons. The topological polar surface area (TPSA) is 121 Å². The Balaban J connectivity index is 1.50. The van der Waals surface area contributed by atoms with Crippen LogP contribution in [0.4, 0.5) is 11.5 Å². The molecule has 4 heterocycles. The van der Waals surface area contributed by atoms with Crippen molar-refractivity contribution in [2.24, 2.45) is 0 Å². The number of aromatic nitrogens is 5. The van der Waals surface area contributed by atoms with Gasteiger partial charge in [-0.05, 0) is 36.5 Å². The van der Waals surface area contributed by atoms with Crippen LogP contribution in [0, 0.1) is 0 Å². The van der Waals surface area contributed by atoms with E-state index in [0.29, 0.717) is 36.8 Å². The molecule has 0 atom stereocenters. The third kappa shape index (κ3) is 5.06. The van der Waals surface area contributed by atoms with Crippen LogP contribution in [0.3, 0.4) is 0 Å². The number of nitrogens with one attached hydrogen (secondary N) is 2. The summed E-state index contributed by atoms with van der Waals surface area (Å²) >= 11 is 0. The molecule has 6 rings (SSSR count). The molecule has 39 heavy (non-hydrogen) atoms. The van der Waals surface area contributed by atoms with Crippen LogP contribution >= 0.6 is 0 Å². The van der Waals surface area contributed by atoms with E-state index in [1.807, 2.05) is 31.3 Å². The van der Waals surface area contributed by atoms with Crippen molar-refractivity contribution in [2.45, 2.75) is 25.3 Å². The lowest BCUT2D eigenvalue weighted by molar-refractivity contribution is 0.0848. The zero-order chi connectivity index (χ0) is 26.8. The van der Waals surface area contributed by atoms with Gasteiger partial charge in [0.2, 0.25) is 0 Å². The minimum atomic E-state index is -0.357. The summed E-state index contributed by atoms with van der Waals surface area (Å²) in [5, 5.41) is 24.6. The largest absolute Gasteiger partial charge is 0.508 e. The first-order valence-corrected chi connectivity index (χ1v) is 12.9. The number of anilines is 2. The van der Waals surface area contributed by atoms with Gasteiger partial charge in [0.15, 0.2) is 11.3 Å². The second kappa shape index (κ2) is 10.6. The Kier molecular flexibility index (Phi) is 6.68. The van der Waals surface area contributed by atoms with Gasteiger partial charge in [0.05, 0.1) is 11.9 Å². The zero-order valence-corrected chi connectivity index (χ0v) is 21.5. The van der Waals surface area contributed by atoms with E-state index in [-0.39, 0.29) is 17.6 Å². The van der Waals surface area contributed by atoms with Gasteiger partial charge in [0.25, 0.3) is 5.91 Å². The Morgan fingerprint density at radius 1 is 1.15 bits per heavy atom. The Bertz CT molecular complexity index is 1590. The molecular weight excluding hydrogens is 494 g/mol. The predicted molar refractivity (Wildman–Crippen MR) is 148 cm³/mol. The highest BCUT2D eigenvalue weighted by atomic mass is 16.5. The van der Waals surface area contributed by atoms with Gasteiger partial charge in [-0.1, -0.05) is 36.4 Å². The quantitative estimate of drug-likeness (QED) is 0.285. The molecule has 10 heteroatoms. The number of phenols is 1.